The van der Waals surface area contributed by atoms with Gasteiger partial charge in [-0.25, -0.2) is 0 Å². The second kappa shape index (κ2) is 3.70. The average Bonchev–Trinajstić information content (AvgIpc) is 2.16. The highest BCUT2D eigenvalue weighted by molar-refractivity contribution is 5.80. The molecule has 0 saturated carbocycles. The lowest BCUT2D eigenvalue weighted by molar-refractivity contribution is -0.143. The van der Waals surface area contributed by atoms with Crippen molar-refractivity contribution in [3.05, 3.63) is 29.8 Å². The van der Waals surface area contributed by atoms with Crippen molar-refractivity contribution < 1.29 is 15.0 Å². The molecule has 0 heterocycles. The van der Waals surface area contributed by atoms with Crippen LogP contribution in [-0.2, 0) is 10.2 Å². The molecule has 0 aliphatic rings. The normalized spacial score (nSPS) is 14.7. The molecule has 2 N–H and O–H groups in total. The minimum absolute atomic E-state index is 0.100. The number of rotatable bonds is 3. The largest absolute Gasteiger partial charge is 0.508 e. The fraction of sp³-hybridized carbons (Fsp3) is 0.364. The van der Waals surface area contributed by atoms with Crippen molar-refractivity contribution in [3.63, 3.8) is 0 Å². The Balaban J connectivity index is 3.19. The number of phenolic OH excluding ortho intramolecular Hbond substituents is 1. The molecule has 0 amide bonds. The standard InChI is InChI=1S/C11H14O3/c1-3-11(2,10(13)14)8-5-4-6-9(12)7-8/h4-7,12H,3H2,1-2H3,(H,13,14). The van der Waals surface area contributed by atoms with E-state index in [0.29, 0.717) is 12.0 Å². The molecule has 1 rings (SSSR count). The highest BCUT2D eigenvalue weighted by atomic mass is 16.4. The van der Waals surface area contributed by atoms with Gasteiger partial charge in [-0.1, -0.05) is 19.1 Å². The first-order chi connectivity index (χ1) is 6.50. The summed E-state index contributed by atoms with van der Waals surface area (Å²) >= 11 is 0. The van der Waals surface area contributed by atoms with E-state index in [1.165, 1.54) is 12.1 Å². The van der Waals surface area contributed by atoms with Crippen LogP contribution in [0.15, 0.2) is 24.3 Å². The first-order valence-corrected chi connectivity index (χ1v) is 4.53. The summed E-state index contributed by atoms with van der Waals surface area (Å²) in [4.78, 5) is 11.1. The molecule has 0 bridgehead atoms. The summed E-state index contributed by atoms with van der Waals surface area (Å²) in [5.74, 6) is -0.769. The topological polar surface area (TPSA) is 57.5 Å². The van der Waals surface area contributed by atoms with E-state index in [1.54, 1.807) is 19.1 Å². The van der Waals surface area contributed by atoms with Crippen LogP contribution in [0.1, 0.15) is 25.8 Å². The minimum atomic E-state index is -0.918. The second-order valence-electron chi connectivity index (χ2n) is 3.54. The molecule has 0 saturated heterocycles. The molecule has 1 aromatic rings. The number of carboxylic acids is 1. The zero-order chi connectivity index (χ0) is 10.8. The lowest BCUT2D eigenvalue weighted by Gasteiger charge is -2.23. The molecule has 0 aromatic heterocycles. The molecule has 76 valence electrons. The van der Waals surface area contributed by atoms with Gasteiger partial charge in [-0.3, -0.25) is 4.79 Å². The molecule has 0 fully saturated rings. The molecule has 1 unspecified atom stereocenters. The summed E-state index contributed by atoms with van der Waals surface area (Å²) in [6.45, 7) is 3.47. The first kappa shape index (κ1) is 10.6. The van der Waals surface area contributed by atoms with Crippen LogP contribution in [0.5, 0.6) is 5.75 Å². The Morgan fingerprint density at radius 2 is 2.14 bits per heavy atom. The van der Waals surface area contributed by atoms with E-state index >= 15 is 0 Å². The number of carboxylic acid groups (broad SMARTS) is 1. The third kappa shape index (κ3) is 1.71. The van der Waals surface area contributed by atoms with Crippen LogP contribution in [-0.4, -0.2) is 16.2 Å². The van der Waals surface area contributed by atoms with Gasteiger partial charge in [0.25, 0.3) is 0 Å². The van der Waals surface area contributed by atoms with Crippen molar-refractivity contribution in [1.82, 2.24) is 0 Å². The number of phenols is 1. The van der Waals surface area contributed by atoms with E-state index in [1.807, 2.05) is 6.92 Å². The number of aliphatic carboxylic acids is 1. The van der Waals surface area contributed by atoms with E-state index in [9.17, 15) is 9.90 Å². The maximum atomic E-state index is 11.1. The van der Waals surface area contributed by atoms with E-state index in [0.717, 1.165) is 0 Å². The van der Waals surface area contributed by atoms with Gasteiger partial charge in [-0.2, -0.15) is 0 Å². The third-order valence-corrected chi connectivity index (χ3v) is 2.66. The van der Waals surface area contributed by atoms with E-state index < -0.39 is 11.4 Å². The van der Waals surface area contributed by atoms with Crippen LogP contribution in [0, 0.1) is 0 Å². The van der Waals surface area contributed by atoms with Gasteiger partial charge >= 0.3 is 5.97 Å². The van der Waals surface area contributed by atoms with E-state index in [2.05, 4.69) is 0 Å². The van der Waals surface area contributed by atoms with Gasteiger partial charge in [0.2, 0.25) is 0 Å². The van der Waals surface area contributed by atoms with Gasteiger partial charge < -0.3 is 10.2 Å². The molecular weight excluding hydrogens is 180 g/mol. The molecule has 1 atom stereocenters. The smallest absolute Gasteiger partial charge is 0.313 e. The Hall–Kier alpha value is -1.51. The van der Waals surface area contributed by atoms with Crippen molar-refractivity contribution in [2.75, 3.05) is 0 Å². The Bertz CT molecular complexity index is 346. The molecule has 1 aromatic carbocycles. The average molecular weight is 194 g/mol. The molecule has 0 radical (unpaired) electrons. The molecular formula is C11H14O3. The van der Waals surface area contributed by atoms with E-state index in [-0.39, 0.29) is 5.75 Å². The summed E-state index contributed by atoms with van der Waals surface area (Å²) in [5, 5.41) is 18.4. The van der Waals surface area contributed by atoms with Gasteiger partial charge in [-0.15, -0.1) is 0 Å². The fourth-order valence-corrected chi connectivity index (χ4v) is 1.33. The Morgan fingerprint density at radius 3 is 2.57 bits per heavy atom. The van der Waals surface area contributed by atoms with Gasteiger partial charge in [-0.05, 0) is 31.0 Å². The van der Waals surface area contributed by atoms with E-state index in [4.69, 9.17) is 5.11 Å². The number of aromatic hydroxyl groups is 1. The van der Waals surface area contributed by atoms with Crippen molar-refractivity contribution >= 4 is 5.97 Å². The zero-order valence-electron chi connectivity index (χ0n) is 8.32. The monoisotopic (exact) mass is 194 g/mol. The first-order valence-electron chi connectivity index (χ1n) is 4.53. The van der Waals surface area contributed by atoms with Gasteiger partial charge in [0, 0.05) is 0 Å². The lowest BCUT2D eigenvalue weighted by atomic mass is 9.80. The fourth-order valence-electron chi connectivity index (χ4n) is 1.33. The summed E-state index contributed by atoms with van der Waals surface area (Å²) in [6.07, 6.45) is 0.492. The van der Waals surface area contributed by atoms with Crippen LogP contribution in [0.2, 0.25) is 0 Å². The number of hydrogen-bond acceptors (Lipinski definition) is 2. The maximum Gasteiger partial charge on any atom is 0.313 e. The van der Waals surface area contributed by atoms with Gasteiger partial charge in [0.05, 0.1) is 5.41 Å². The van der Waals surface area contributed by atoms with Crippen LogP contribution >= 0.6 is 0 Å². The summed E-state index contributed by atoms with van der Waals surface area (Å²) in [5.41, 5.74) is -0.286. The van der Waals surface area contributed by atoms with Crippen LogP contribution < -0.4 is 0 Å². The molecule has 0 aliphatic carbocycles. The van der Waals surface area contributed by atoms with Crippen molar-refractivity contribution in [2.45, 2.75) is 25.7 Å². The maximum absolute atomic E-state index is 11.1. The zero-order valence-corrected chi connectivity index (χ0v) is 8.32. The van der Waals surface area contributed by atoms with Gasteiger partial charge in [0.15, 0.2) is 0 Å². The quantitative estimate of drug-likeness (QED) is 0.775. The minimum Gasteiger partial charge on any atom is -0.508 e. The Kier molecular flexibility index (Phi) is 2.79. The lowest BCUT2D eigenvalue weighted by Crippen LogP contribution is -2.31. The second-order valence-corrected chi connectivity index (χ2v) is 3.54. The van der Waals surface area contributed by atoms with Crippen molar-refractivity contribution in [3.8, 4) is 5.75 Å². The SMILES string of the molecule is CCC(C)(C(=O)O)c1cccc(O)c1. The predicted octanol–water partition coefficient (Wildman–Crippen LogP) is 2.14. The molecule has 3 nitrogen and oxygen atoms in total. The number of benzene rings is 1. The van der Waals surface area contributed by atoms with Crippen molar-refractivity contribution in [2.24, 2.45) is 0 Å². The van der Waals surface area contributed by atoms with Crippen LogP contribution in [0.3, 0.4) is 0 Å². The Morgan fingerprint density at radius 1 is 1.50 bits per heavy atom. The highest BCUT2D eigenvalue weighted by Gasteiger charge is 2.33. The summed E-state index contributed by atoms with van der Waals surface area (Å²) in [7, 11) is 0. The van der Waals surface area contributed by atoms with Crippen LogP contribution in [0.4, 0.5) is 0 Å². The molecule has 0 aliphatic heterocycles. The van der Waals surface area contributed by atoms with Gasteiger partial charge in [0.1, 0.15) is 5.75 Å². The number of hydrogen-bond donors (Lipinski definition) is 2. The summed E-state index contributed by atoms with van der Waals surface area (Å²) < 4.78 is 0. The third-order valence-electron chi connectivity index (χ3n) is 2.66. The molecule has 0 spiro atoms. The predicted molar refractivity (Wildman–Crippen MR) is 53.4 cm³/mol. The van der Waals surface area contributed by atoms with Crippen molar-refractivity contribution in [1.29, 1.82) is 0 Å². The number of carbonyl (C=O) groups is 1. The summed E-state index contributed by atoms with van der Waals surface area (Å²) in [6, 6.07) is 6.40. The molecule has 14 heavy (non-hydrogen) atoms. The Labute approximate surface area is 83.0 Å². The molecule has 3 heteroatoms. The highest BCUT2D eigenvalue weighted by Crippen LogP contribution is 2.29. The van der Waals surface area contributed by atoms with Crippen LogP contribution in [0.25, 0.3) is 0 Å².